The number of amides is 1. The number of aliphatic hydroxyl groups excluding tert-OH is 1. The third kappa shape index (κ3) is 5.58. The zero-order valence-electron chi connectivity index (χ0n) is 21.6. The van der Waals surface area contributed by atoms with Gasteiger partial charge in [-0.2, -0.15) is 0 Å². The van der Waals surface area contributed by atoms with Crippen LogP contribution in [0.5, 0.6) is 5.75 Å². The summed E-state index contributed by atoms with van der Waals surface area (Å²) in [6.45, 7) is 8.93. The lowest BCUT2D eigenvalue weighted by atomic mass is 9.85. The first kappa shape index (κ1) is 26.1. The van der Waals surface area contributed by atoms with E-state index in [0.717, 1.165) is 12.0 Å². The quantitative estimate of drug-likeness (QED) is 0.227. The van der Waals surface area contributed by atoms with E-state index in [2.05, 4.69) is 20.8 Å². The van der Waals surface area contributed by atoms with Crippen molar-refractivity contribution in [2.75, 3.05) is 6.61 Å². The average Bonchev–Trinajstić information content (AvgIpc) is 3.13. The van der Waals surface area contributed by atoms with Gasteiger partial charge in [-0.15, -0.1) is 0 Å². The Kier molecular flexibility index (Phi) is 7.48. The maximum absolute atomic E-state index is 13.5. The van der Waals surface area contributed by atoms with Crippen LogP contribution in [0.3, 0.4) is 0 Å². The molecule has 1 aliphatic rings. The predicted octanol–water partition coefficient (Wildman–Crippen LogP) is 6.53. The Morgan fingerprint density at radius 1 is 1.00 bits per heavy atom. The van der Waals surface area contributed by atoms with Gasteiger partial charge in [0, 0.05) is 12.1 Å². The Labute approximate surface area is 217 Å². The number of hydrogen-bond acceptors (Lipinski definition) is 4. The molecule has 1 N–H and O–H groups in total. The van der Waals surface area contributed by atoms with Gasteiger partial charge in [0.2, 0.25) is 0 Å². The number of aliphatic hydroxyl groups is 1. The van der Waals surface area contributed by atoms with E-state index in [9.17, 15) is 19.1 Å². The van der Waals surface area contributed by atoms with Crippen molar-refractivity contribution in [3.63, 3.8) is 0 Å². The summed E-state index contributed by atoms with van der Waals surface area (Å²) >= 11 is 0. The van der Waals surface area contributed by atoms with Gasteiger partial charge in [-0.1, -0.05) is 76.2 Å². The number of carbonyl (C=O) groups excluding carboxylic acids is 2. The zero-order valence-corrected chi connectivity index (χ0v) is 21.6. The van der Waals surface area contributed by atoms with Crippen molar-refractivity contribution in [1.82, 2.24) is 4.90 Å². The highest BCUT2D eigenvalue weighted by Gasteiger charge is 2.46. The molecule has 0 spiro atoms. The normalized spacial score (nSPS) is 17.3. The molecular weight excluding hydrogens is 469 g/mol. The largest absolute Gasteiger partial charge is 0.507 e. The Hall–Kier alpha value is -3.93. The summed E-state index contributed by atoms with van der Waals surface area (Å²) in [7, 11) is 0. The molecule has 0 aliphatic carbocycles. The Balaban J connectivity index is 1.82. The lowest BCUT2D eigenvalue weighted by Gasteiger charge is -2.26. The molecule has 5 nitrogen and oxygen atoms in total. The fraction of sp³-hybridized carbons (Fsp3) is 0.290. The summed E-state index contributed by atoms with van der Waals surface area (Å²) in [4.78, 5) is 28.0. The van der Waals surface area contributed by atoms with Crippen molar-refractivity contribution in [2.24, 2.45) is 0 Å². The van der Waals surface area contributed by atoms with Gasteiger partial charge in [-0.25, -0.2) is 4.39 Å². The van der Waals surface area contributed by atoms with Crippen molar-refractivity contribution < 1.29 is 23.8 Å². The van der Waals surface area contributed by atoms with E-state index in [0.29, 0.717) is 29.0 Å². The van der Waals surface area contributed by atoms with Gasteiger partial charge < -0.3 is 14.7 Å². The van der Waals surface area contributed by atoms with Crippen molar-refractivity contribution in [2.45, 2.75) is 52.1 Å². The molecule has 3 aromatic rings. The van der Waals surface area contributed by atoms with Gasteiger partial charge in [0.15, 0.2) is 0 Å². The first-order valence-corrected chi connectivity index (χ1v) is 12.5. The molecule has 6 heteroatoms. The summed E-state index contributed by atoms with van der Waals surface area (Å²) < 4.78 is 19.2. The molecule has 1 fully saturated rings. The monoisotopic (exact) mass is 501 g/mol. The van der Waals surface area contributed by atoms with E-state index in [-0.39, 0.29) is 29.1 Å². The topological polar surface area (TPSA) is 66.8 Å². The minimum absolute atomic E-state index is 0.0169. The van der Waals surface area contributed by atoms with Crippen LogP contribution < -0.4 is 4.74 Å². The third-order valence-corrected chi connectivity index (χ3v) is 6.48. The molecule has 4 rings (SSSR count). The molecule has 1 amide bonds. The number of ether oxygens (including phenoxy) is 1. The van der Waals surface area contributed by atoms with E-state index in [4.69, 9.17) is 4.74 Å². The first-order valence-electron chi connectivity index (χ1n) is 12.5. The van der Waals surface area contributed by atoms with Crippen LogP contribution in [-0.4, -0.2) is 28.3 Å². The summed E-state index contributed by atoms with van der Waals surface area (Å²) in [5.74, 6) is -1.55. The molecule has 1 unspecified atom stereocenters. The van der Waals surface area contributed by atoms with Crippen LogP contribution in [0, 0.1) is 5.82 Å². The number of Topliss-reactive ketones (excluding diaryl/α,β-unsaturated/α-hetero) is 1. The average molecular weight is 502 g/mol. The van der Waals surface area contributed by atoms with Gasteiger partial charge in [0.1, 0.15) is 17.3 Å². The van der Waals surface area contributed by atoms with Crippen molar-refractivity contribution in [1.29, 1.82) is 0 Å². The highest BCUT2D eigenvalue weighted by Crippen LogP contribution is 2.41. The second-order valence-corrected chi connectivity index (χ2v) is 10.3. The number of likely N-dealkylation sites (tertiary alicyclic amines) is 1. The Bertz CT molecular complexity index is 1320. The SMILES string of the molecule is CCCOc1cccc(/C(O)=C2/C(=O)C(=O)N(Cc3ccc(F)cc3)C2c2ccc(C(C)(C)C)cc2)c1. The van der Waals surface area contributed by atoms with Crippen molar-refractivity contribution >= 4 is 17.4 Å². The third-order valence-electron chi connectivity index (χ3n) is 6.48. The maximum atomic E-state index is 13.5. The Morgan fingerprint density at radius 3 is 2.30 bits per heavy atom. The van der Waals surface area contributed by atoms with E-state index in [1.807, 2.05) is 31.2 Å². The summed E-state index contributed by atoms with van der Waals surface area (Å²) in [5, 5.41) is 11.4. The molecule has 37 heavy (non-hydrogen) atoms. The Morgan fingerprint density at radius 2 is 1.68 bits per heavy atom. The maximum Gasteiger partial charge on any atom is 0.295 e. The number of rotatable bonds is 7. The van der Waals surface area contributed by atoms with E-state index in [1.54, 1.807) is 36.4 Å². The highest BCUT2D eigenvalue weighted by atomic mass is 19.1. The molecule has 0 aromatic heterocycles. The lowest BCUT2D eigenvalue weighted by molar-refractivity contribution is -0.140. The molecule has 192 valence electrons. The van der Waals surface area contributed by atoms with Crippen LogP contribution >= 0.6 is 0 Å². The molecule has 1 heterocycles. The summed E-state index contributed by atoms with van der Waals surface area (Å²) in [6, 6.07) is 19.6. The molecule has 3 aromatic carbocycles. The second kappa shape index (κ2) is 10.6. The van der Waals surface area contributed by atoms with Crippen LogP contribution in [0.25, 0.3) is 5.76 Å². The summed E-state index contributed by atoms with van der Waals surface area (Å²) in [5.41, 5.74) is 2.82. The standard InChI is InChI=1S/C31H32FNO4/c1-5-17-37-25-8-6-7-22(18-25)28(34)26-27(21-11-13-23(14-12-21)31(2,3)4)33(30(36)29(26)35)19-20-9-15-24(32)16-10-20/h6-16,18,27,34H,5,17,19H2,1-4H3/b28-26-. The van der Waals surface area contributed by atoms with Gasteiger partial charge in [0.05, 0.1) is 18.2 Å². The lowest BCUT2D eigenvalue weighted by Crippen LogP contribution is -2.29. The van der Waals surface area contributed by atoms with Crippen LogP contribution in [0.1, 0.15) is 62.4 Å². The molecular formula is C31H32FNO4. The fourth-order valence-corrected chi connectivity index (χ4v) is 4.45. The minimum atomic E-state index is -0.806. The molecule has 0 saturated carbocycles. The molecule has 1 atom stereocenters. The number of nitrogens with zero attached hydrogens (tertiary/aromatic N) is 1. The summed E-state index contributed by atoms with van der Waals surface area (Å²) in [6.07, 6.45) is 0.829. The smallest absolute Gasteiger partial charge is 0.295 e. The fourth-order valence-electron chi connectivity index (χ4n) is 4.45. The number of ketones is 1. The van der Waals surface area contributed by atoms with Crippen LogP contribution in [-0.2, 0) is 21.5 Å². The van der Waals surface area contributed by atoms with Crippen molar-refractivity contribution in [3.05, 3.63) is 106 Å². The number of hydrogen-bond donors (Lipinski definition) is 1. The van der Waals surface area contributed by atoms with Crippen molar-refractivity contribution in [3.8, 4) is 5.75 Å². The zero-order chi connectivity index (χ0) is 26.7. The minimum Gasteiger partial charge on any atom is -0.507 e. The van der Waals surface area contributed by atoms with Crippen LogP contribution in [0.4, 0.5) is 4.39 Å². The highest BCUT2D eigenvalue weighted by molar-refractivity contribution is 6.46. The van der Waals surface area contributed by atoms with E-state index < -0.39 is 17.7 Å². The number of benzene rings is 3. The second-order valence-electron chi connectivity index (χ2n) is 10.3. The van der Waals surface area contributed by atoms with Gasteiger partial charge in [-0.3, -0.25) is 9.59 Å². The molecule has 1 saturated heterocycles. The van der Waals surface area contributed by atoms with Gasteiger partial charge >= 0.3 is 0 Å². The van der Waals surface area contributed by atoms with E-state index in [1.165, 1.54) is 17.0 Å². The molecule has 0 radical (unpaired) electrons. The van der Waals surface area contributed by atoms with Gasteiger partial charge in [-0.05, 0) is 52.8 Å². The molecule has 1 aliphatic heterocycles. The van der Waals surface area contributed by atoms with Crippen LogP contribution in [0.15, 0.2) is 78.4 Å². The molecule has 0 bridgehead atoms. The van der Waals surface area contributed by atoms with Crippen LogP contribution in [0.2, 0.25) is 0 Å². The number of halogens is 1. The van der Waals surface area contributed by atoms with Gasteiger partial charge in [0.25, 0.3) is 11.7 Å². The van der Waals surface area contributed by atoms with E-state index >= 15 is 0 Å². The number of carbonyl (C=O) groups is 2. The predicted molar refractivity (Wildman–Crippen MR) is 142 cm³/mol. The first-order chi connectivity index (χ1) is 17.6.